The van der Waals surface area contributed by atoms with Crippen molar-refractivity contribution in [1.82, 2.24) is 9.97 Å². The van der Waals surface area contributed by atoms with Crippen molar-refractivity contribution in [3.8, 4) is 0 Å². The average molecular weight is 307 g/mol. The number of pyridine rings is 1. The van der Waals surface area contributed by atoms with Gasteiger partial charge in [0.2, 0.25) is 0 Å². The number of H-pyrrole nitrogens is 1. The van der Waals surface area contributed by atoms with Crippen molar-refractivity contribution in [3.05, 3.63) is 64.4 Å². The minimum atomic E-state index is -0.973. The molecule has 0 aliphatic heterocycles. The monoisotopic (exact) mass is 306 g/mol. The summed E-state index contributed by atoms with van der Waals surface area (Å²) in [6, 6.07) is 4.99. The Bertz CT molecular complexity index is 845. The molecule has 6 heteroatoms. The third-order valence-electron chi connectivity index (χ3n) is 3.17. The summed E-state index contributed by atoms with van der Waals surface area (Å²) in [7, 11) is 0. The molecule has 0 spiro atoms. The number of halogens is 3. The lowest BCUT2D eigenvalue weighted by Crippen LogP contribution is -2.03. The first kappa shape index (κ1) is 13.7. The van der Waals surface area contributed by atoms with Crippen molar-refractivity contribution in [1.29, 1.82) is 0 Å². The lowest BCUT2D eigenvalue weighted by molar-refractivity contribution is 0.0994. The van der Waals surface area contributed by atoms with Gasteiger partial charge in [-0.2, -0.15) is 0 Å². The summed E-state index contributed by atoms with van der Waals surface area (Å²) in [6.07, 6.45) is 3.01. The second kappa shape index (κ2) is 5.26. The van der Waals surface area contributed by atoms with Gasteiger partial charge in [-0.15, -0.1) is 0 Å². The number of carbonyl (C=O) groups excluding carboxylic acids is 1. The van der Waals surface area contributed by atoms with Crippen molar-refractivity contribution in [2.45, 2.75) is 6.42 Å². The third-order valence-corrected chi connectivity index (χ3v) is 3.49. The quantitative estimate of drug-likeness (QED) is 0.745. The lowest BCUT2D eigenvalue weighted by atomic mass is 10.0. The molecule has 0 aliphatic carbocycles. The Morgan fingerprint density at radius 2 is 2.05 bits per heavy atom. The smallest absolute Gasteiger partial charge is 0.169 e. The topological polar surface area (TPSA) is 45.8 Å². The third kappa shape index (κ3) is 2.52. The molecule has 3 nitrogen and oxygen atoms in total. The number of hydrogen-bond donors (Lipinski definition) is 1. The van der Waals surface area contributed by atoms with Crippen LogP contribution < -0.4 is 0 Å². The van der Waals surface area contributed by atoms with Gasteiger partial charge >= 0.3 is 0 Å². The molecule has 106 valence electrons. The number of nitrogens with zero attached hydrogens (tertiary/aromatic N) is 1. The van der Waals surface area contributed by atoms with Gasteiger partial charge in [-0.1, -0.05) is 17.7 Å². The van der Waals surface area contributed by atoms with Crippen molar-refractivity contribution in [3.63, 3.8) is 0 Å². The van der Waals surface area contributed by atoms with Crippen LogP contribution in [0.5, 0.6) is 0 Å². The van der Waals surface area contributed by atoms with E-state index < -0.39 is 11.6 Å². The van der Waals surface area contributed by atoms with Crippen LogP contribution in [0.4, 0.5) is 8.78 Å². The van der Waals surface area contributed by atoms with Gasteiger partial charge in [0, 0.05) is 29.8 Å². The largest absolute Gasteiger partial charge is 0.345 e. The molecular weight excluding hydrogens is 298 g/mol. The number of ketones is 1. The summed E-state index contributed by atoms with van der Waals surface area (Å²) < 4.78 is 26.0. The first-order chi connectivity index (χ1) is 10.1. The molecule has 1 aromatic carbocycles. The van der Waals surface area contributed by atoms with Gasteiger partial charge in [-0.05, 0) is 23.8 Å². The molecule has 1 N–H and O–H groups in total. The number of benzene rings is 1. The number of rotatable bonds is 3. The molecule has 0 fully saturated rings. The Balaban J connectivity index is 1.95. The first-order valence-corrected chi connectivity index (χ1v) is 6.53. The molecule has 21 heavy (non-hydrogen) atoms. The van der Waals surface area contributed by atoms with Crippen LogP contribution in [0.15, 0.2) is 36.7 Å². The summed E-state index contributed by atoms with van der Waals surface area (Å²) in [4.78, 5) is 19.3. The van der Waals surface area contributed by atoms with E-state index in [4.69, 9.17) is 11.6 Å². The van der Waals surface area contributed by atoms with E-state index >= 15 is 0 Å². The lowest BCUT2D eigenvalue weighted by Gasteiger charge is -2.02. The highest BCUT2D eigenvalue weighted by Crippen LogP contribution is 2.26. The zero-order valence-corrected chi connectivity index (χ0v) is 11.4. The van der Waals surface area contributed by atoms with Gasteiger partial charge in [-0.25, -0.2) is 13.8 Å². The van der Waals surface area contributed by atoms with Gasteiger partial charge in [0.15, 0.2) is 17.4 Å². The Hall–Kier alpha value is -2.27. The maximum absolute atomic E-state index is 13.2. The van der Waals surface area contributed by atoms with Crippen LogP contribution in [0.3, 0.4) is 0 Å². The molecule has 0 bridgehead atoms. The van der Waals surface area contributed by atoms with E-state index in [0.29, 0.717) is 27.2 Å². The summed E-state index contributed by atoms with van der Waals surface area (Å²) in [5.74, 6) is -2.16. The minimum Gasteiger partial charge on any atom is -0.345 e. The van der Waals surface area contributed by atoms with Gasteiger partial charge in [0.25, 0.3) is 0 Å². The molecule has 2 heterocycles. The number of hydrogen-bond acceptors (Lipinski definition) is 2. The SMILES string of the molecule is O=C(Cc1ccc(F)c(F)c1)c1c[nH]c2nccc(Cl)c12. The number of carbonyl (C=O) groups is 1. The molecular formula is C15H9ClF2N2O. The Kier molecular flexibility index (Phi) is 3.43. The molecule has 0 amide bonds. The van der Waals surface area contributed by atoms with Crippen molar-refractivity contribution < 1.29 is 13.6 Å². The van der Waals surface area contributed by atoms with E-state index in [1.807, 2.05) is 0 Å². The van der Waals surface area contributed by atoms with Gasteiger partial charge in [-0.3, -0.25) is 4.79 Å². The van der Waals surface area contributed by atoms with E-state index in [-0.39, 0.29) is 12.2 Å². The average Bonchev–Trinajstić information content (AvgIpc) is 2.88. The number of fused-ring (bicyclic) bond motifs is 1. The number of nitrogens with one attached hydrogen (secondary N) is 1. The summed E-state index contributed by atoms with van der Waals surface area (Å²) in [6.45, 7) is 0. The van der Waals surface area contributed by atoms with Crippen LogP contribution in [-0.4, -0.2) is 15.8 Å². The van der Waals surface area contributed by atoms with Gasteiger partial charge in [0.05, 0.1) is 5.02 Å². The standard InChI is InChI=1S/C15H9ClF2N2O/c16-10-3-4-19-15-14(10)9(7-20-15)13(21)6-8-1-2-11(17)12(18)5-8/h1-5,7H,6H2,(H,19,20). The molecule has 0 radical (unpaired) electrons. The van der Waals surface area contributed by atoms with Gasteiger partial charge < -0.3 is 4.98 Å². The van der Waals surface area contributed by atoms with Crippen molar-refractivity contribution >= 4 is 28.4 Å². The highest BCUT2D eigenvalue weighted by molar-refractivity contribution is 6.36. The number of aromatic nitrogens is 2. The van der Waals surface area contributed by atoms with Crippen LogP contribution in [0, 0.1) is 11.6 Å². The summed E-state index contributed by atoms with van der Waals surface area (Å²) in [5, 5.41) is 0.946. The van der Waals surface area contributed by atoms with Crippen molar-refractivity contribution in [2.75, 3.05) is 0 Å². The van der Waals surface area contributed by atoms with Crippen LogP contribution >= 0.6 is 11.6 Å². The first-order valence-electron chi connectivity index (χ1n) is 6.15. The molecule has 3 aromatic rings. The highest BCUT2D eigenvalue weighted by atomic mass is 35.5. The van der Waals surface area contributed by atoms with E-state index in [1.54, 1.807) is 6.07 Å². The maximum atomic E-state index is 13.2. The highest BCUT2D eigenvalue weighted by Gasteiger charge is 2.16. The Labute approximate surface area is 123 Å². The van der Waals surface area contributed by atoms with Crippen LogP contribution in [0.25, 0.3) is 11.0 Å². The fourth-order valence-electron chi connectivity index (χ4n) is 2.17. The molecule has 2 aromatic heterocycles. The molecule has 3 rings (SSSR count). The summed E-state index contributed by atoms with van der Waals surface area (Å²) in [5.41, 5.74) is 1.29. The number of aromatic amines is 1. The Morgan fingerprint density at radius 3 is 2.81 bits per heavy atom. The normalized spacial score (nSPS) is 11.0. The summed E-state index contributed by atoms with van der Waals surface area (Å²) >= 11 is 6.07. The zero-order chi connectivity index (χ0) is 15.0. The van der Waals surface area contributed by atoms with Gasteiger partial charge in [0.1, 0.15) is 5.65 Å². The Morgan fingerprint density at radius 1 is 1.24 bits per heavy atom. The van der Waals surface area contributed by atoms with Crippen molar-refractivity contribution in [2.24, 2.45) is 0 Å². The van der Waals surface area contributed by atoms with Crippen LogP contribution in [-0.2, 0) is 6.42 Å². The predicted molar refractivity (Wildman–Crippen MR) is 75.5 cm³/mol. The molecule has 0 saturated heterocycles. The second-order valence-corrected chi connectivity index (χ2v) is 4.97. The molecule has 0 saturated carbocycles. The molecule has 0 aliphatic rings. The van der Waals surface area contributed by atoms with E-state index in [2.05, 4.69) is 9.97 Å². The van der Waals surface area contributed by atoms with E-state index in [1.165, 1.54) is 18.5 Å². The maximum Gasteiger partial charge on any atom is 0.169 e. The van der Waals surface area contributed by atoms with E-state index in [9.17, 15) is 13.6 Å². The van der Waals surface area contributed by atoms with E-state index in [0.717, 1.165) is 12.1 Å². The van der Waals surface area contributed by atoms with Crippen LogP contribution in [0.1, 0.15) is 15.9 Å². The molecule has 0 atom stereocenters. The number of Topliss-reactive ketones (excluding diaryl/α,β-unsaturated/α-hetero) is 1. The predicted octanol–water partition coefficient (Wildman–Crippen LogP) is 3.92. The molecule has 0 unspecified atom stereocenters. The fourth-order valence-corrected chi connectivity index (χ4v) is 2.41. The minimum absolute atomic E-state index is 0.0463. The second-order valence-electron chi connectivity index (χ2n) is 4.57. The fraction of sp³-hybridized carbons (Fsp3) is 0.0667. The zero-order valence-electron chi connectivity index (χ0n) is 10.7. The van der Waals surface area contributed by atoms with Crippen LogP contribution in [0.2, 0.25) is 5.02 Å².